The van der Waals surface area contributed by atoms with Crippen molar-refractivity contribution in [3.05, 3.63) is 90.3 Å². The number of anilines is 3. The lowest BCUT2D eigenvalue weighted by atomic mass is 9.96. The van der Waals surface area contributed by atoms with Gasteiger partial charge in [-0.25, -0.2) is 19.9 Å². The predicted octanol–water partition coefficient (Wildman–Crippen LogP) is 4.65. The van der Waals surface area contributed by atoms with E-state index in [9.17, 15) is 14.4 Å². The minimum atomic E-state index is -0.419. The van der Waals surface area contributed by atoms with Gasteiger partial charge in [-0.05, 0) is 106 Å². The molecule has 18 heteroatoms. The number of tetrazole rings is 1. The molecule has 64 heavy (non-hydrogen) atoms. The molecule has 3 fully saturated rings. The second kappa shape index (κ2) is 17.7. The van der Waals surface area contributed by atoms with E-state index in [1.165, 1.54) is 4.80 Å². The van der Waals surface area contributed by atoms with Crippen molar-refractivity contribution >= 4 is 40.7 Å². The molecular formula is C46H55N15O3. The molecule has 18 nitrogen and oxygen atoms in total. The number of benzene rings is 1. The Morgan fingerprint density at radius 1 is 0.875 bits per heavy atom. The normalized spacial score (nSPS) is 18.3. The average molecular weight is 866 g/mol. The number of piperidine rings is 2. The van der Waals surface area contributed by atoms with Crippen molar-refractivity contribution in [2.45, 2.75) is 77.9 Å². The zero-order valence-electron chi connectivity index (χ0n) is 37.0. The number of nitrogens with zero attached hydrogens (tertiary/aromatic N) is 12. The molecule has 9 rings (SSSR count). The van der Waals surface area contributed by atoms with E-state index in [4.69, 9.17) is 9.97 Å². The minimum Gasteiger partial charge on any atom is -0.372 e. The van der Waals surface area contributed by atoms with Crippen molar-refractivity contribution in [2.24, 2.45) is 5.92 Å². The first-order valence-electron chi connectivity index (χ1n) is 22.2. The predicted molar refractivity (Wildman–Crippen MR) is 243 cm³/mol. The molecule has 0 bridgehead atoms. The summed E-state index contributed by atoms with van der Waals surface area (Å²) in [6.45, 7) is 16.7. The first-order valence-corrected chi connectivity index (χ1v) is 22.2. The summed E-state index contributed by atoms with van der Waals surface area (Å²) in [4.78, 5) is 64.7. The molecule has 3 amide bonds. The molecule has 3 aliphatic heterocycles. The minimum absolute atomic E-state index is 0.0353. The van der Waals surface area contributed by atoms with Crippen LogP contribution >= 0.6 is 0 Å². The van der Waals surface area contributed by atoms with Crippen LogP contribution < -0.4 is 25.8 Å². The number of imidazole rings is 1. The maximum atomic E-state index is 13.0. The fourth-order valence-electron chi connectivity index (χ4n) is 8.79. The van der Waals surface area contributed by atoms with Crippen LogP contribution in [0.4, 0.5) is 17.3 Å². The van der Waals surface area contributed by atoms with E-state index in [1.54, 1.807) is 12.4 Å². The van der Waals surface area contributed by atoms with Gasteiger partial charge >= 0.3 is 0 Å². The molecule has 0 radical (unpaired) electrons. The maximum Gasteiger partial charge on any atom is 0.293 e. The summed E-state index contributed by atoms with van der Waals surface area (Å²) in [5, 5.41) is 20.9. The third-order valence-corrected chi connectivity index (χ3v) is 12.5. The van der Waals surface area contributed by atoms with E-state index in [0.29, 0.717) is 18.8 Å². The van der Waals surface area contributed by atoms with Gasteiger partial charge in [0.2, 0.25) is 11.8 Å². The Hall–Kier alpha value is -6.82. The summed E-state index contributed by atoms with van der Waals surface area (Å²) < 4.78 is 1.99. The zero-order valence-corrected chi connectivity index (χ0v) is 37.0. The number of pyridine rings is 2. The van der Waals surface area contributed by atoms with Gasteiger partial charge < -0.3 is 20.4 Å². The number of imide groups is 1. The molecular weight excluding hydrogens is 811 g/mol. The lowest BCUT2D eigenvalue weighted by Gasteiger charge is -2.39. The first kappa shape index (κ1) is 42.5. The van der Waals surface area contributed by atoms with Gasteiger partial charge in [-0.15, -0.1) is 10.2 Å². The number of amides is 3. The SMILES string of the molecule is Cc1cc(-c2nc(-c3ccc(N4CCN(CC5CCN(c6ccc(NC7CCC(=O)NC7=O)cn6)CC5)CC4)nc3)cc3nccn23)ccc1[C@@H](C)NC(=O)c1nnn(C(C)(C)C)n1. The molecule has 1 unspecified atom stereocenters. The number of rotatable bonds is 11. The number of hydrogen-bond acceptors (Lipinski definition) is 14. The van der Waals surface area contributed by atoms with E-state index in [0.717, 1.165) is 115 Å². The molecule has 332 valence electrons. The fraction of sp³-hybridized carbons (Fsp3) is 0.435. The molecule has 8 heterocycles. The van der Waals surface area contributed by atoms with Gasteiger partial charge in [-0.1, -0.05) is 12.1 Å². The van der Waals surface area contributed by atoms with E-state index in [-0.39, 0.29) is 35.1 Å². The van der Waals surface area contributed by atoms with Crippen molar-refractivity contribution in [1.82, 2.24) is 60.1 Å². The highest BCUT2D eigenvalue weighted by Crippen LogP contribution is 2.30. The largest absolute Gasteiger partial charge is 0.372 e. The highest BCUT2D eigenvalue weighted by Gasteiger charge is 2.28. The van der Waals surface area contributed by atoms with Gasteiger partial charge in [0.15, 0.2) is 0 Å². The van der Waals surface area contributed by atoms with Crippen LogP contribution in [0.2, 0.25) is 0 Å². The van der Waals surface area contributed by atoms with Gasteiger partial charge in [0, 0.05) is 88.0 Å². The second-order valence-electron chi connectivity index (χ2n) is 18.1. The summed E-state index contributed by atoms with van der Waals surface area (Å²) in [6, 6.07) is 15.6. The van der Waals surface area contributed by atoms with Crippen LogP contribution in [-0.2, 0) is 15.1 Å². The Bertz CT molecular complexity index is 2640. The monoisotopic (exact) mass is 865 g/mol. The highest BCUT2D eigenvalue weighted by atomic mass is 16.2. The topological polar surface area (TPSA) is 197 Å². The summed E-state index contributed by atoms with van der Waals surface area (Å²) in [7, 11) is 0. The standard InChI is InChI=1S/C46H55N15O3/c1-29-24-32(6-9-35(29)30(2)50-45(64)42-54-56-61(55-42)46(3,4)5)43-52-37(25-40-47-16-19-60(40)43)33-7-11-38(48-26-33)59-22-20-57(21-23-59)28-31-14-17-58(18-15-31)39-12-8-34(27-49-39)51-36-10-13-41(62)53-44(36)63/h6-9,11-12,16,19,24-27,30-31,36,51H,10,13-15,17-18,20-23,28H2,1-5H3,(H,50,64)(H,53,62,63)/t30-,36?/m1/s1. The Labute approximate surface area is 371 Å². The summed E-state index contributed by atoms with van der Waals surface area (Å²) in [5.74, 6) is 2.47. The Morgan fingerprint density at radius 3 is 2.28 bits per heavy atom. The fourth-order valence-corrected chi connectivity index (χ4v) is 8.79. The van der Waals surface area contributed by atoms with E-state index in [2.05, 4.69) is 74.2 Å². The van der Waals surface area contributed by atoms with Crippen molar-refractivity contribution < 1.29 is 14.4 Å². The number of aryl methyl sites for hydroxylation is 1. The number of aromatic nitrogens is 9. The number of hydrogen-bond donors (Lipinski definition) is 3. The number of fused-ring (bicyclic) bond motifs is 1. The lowest BCUT2D eigenvalue weighted by Crippen LogP contribution is -2.49. The quantitative estimate of drug-likeness (QED) is 0.152. The molecule has 1 aromatic carbocycles. The van der Waals surface area contributed by atoms with Crippen molar-refractivity contribution in [3.8, 4) is 22.6 Å². The first-order chi connectivity index (χ1) is 30.8. The molecule has 6 aromatic rings. The maximum absolute atomic E-state index is 13.0. The van der Waals surface area contributed by atoms with Crippen LogP contribution in [-0.4, -0.2) is 119 Å². The molecule has 0 spiro atoms. The van der Waals surface area contributed by atoms with E-state index < -0.39 is 6.04 Å². The van der Waals surface area contributed by atoms with Crippen LogP contribution in [0, 0.1) is 12.8 Å². The van der Waals surface area contributed by atoms with Crippen LogP contribution in [0.25, 0.3) is 28.3 Å². The van der Waals surface area contributed by atoms with Crippen LogP contribution in [0.1, 0.15) is 81.2 Å². The van der Waals surface area contributed by atoms with Crippen LogP contribution in [0.3, 0.4) is 0 Å². The average Bonchev–Trinajstić information content (AvgIpc) is 4.00. The smallest absolute Gasteiger partial charge is 0.293 e. The Morgan fingerprint density at radius 2 is 1.61 bits per heavy atom. The summed E-state index contributed by atoms with van der Waals surface area (Å²) >= 11 is 0. The van der Waals surface area contributed by atoms with Crippen molar-refractivity contribution in [2.75, 3.05) is 60.9 Å². The van der Waals surface area contributed by atoms with Gasteiger partial charge in [0.1, 0.15) is 29.1 Å². The lowest BCUT2D eigenvalue weighted by molar-refractivity contribution is -0.133. The number of carbonyl (C=O) groups excluding carboxylic acids is 3. The molecule has 3 N–H and O–H groups in total. The summed E-state index contributed by atoms with van der Waals surface area (Å²) in [6.07, 6.45) is 10.4. The van der Waals surface area contributed by atoms with E-state index in [1.807, 2.05) is 81.7 Å². The third-order valence-electron chi connectivity index (χ3n) is 12.5. The van der Waals surface area contributed by atoms with Gasteiger partial charge in [0.25, 0.3) is 11.7 Å². The van der Waals surface area contributed by atoms with Crippen LogP contribution in [0.5, 0.6) is 0 Å². The van der Waals surface area contributed by atoms with Crippen molar-refractivity contribution in [1.29, 1.82) is 0 Å². The third kappa shape index (κ3) is 9.27. The van der Waals surface area contributed by atoms with E-state index >= 15 is 0 Å². The van der Waals surface area contributed by atoms with Crippen molar-refractivity contribution in [3.63, 3.8) is 0 Å². The molecule has 3 saturated heterocycles. The summed E-state index contributed by atoms with van der Waals surface area (Å²) in [5.41, 5.74) is 5.80. The molecule has 2 atom stereocenters. The molecule has 0 saturated carbocycles. The number of piperazine rings is 1. The van der Waals surface area contributed by atoms with Gasteiger partial charge in [-0.2, -0.15) is 4.80 Å². The van der Waals surface area contributed by atoms with Crippen LogP contribution in [0.15, 0.2) is 73.3 Å². The Balaban J connectivity index is 0.774. The van der Waals surface area contributed by atoms with Gasteiger partial charge in [-0.3, -0.25) is 29.0 Å². The number of nitrogens with one attached hydrogen (secondary N) is 3. The molecule has 3 aliphatic rings. The molecule has 0 aliphatic carbocycles. The molecule has 5 aromatic heterocycles. The zero-order chi connectivity index (χ0) is 44.5. The highest BCUT2D eigenvalue weighted by molar-refractivity contribution is 6.01. The second-order valence-corrected chi connectivity index (χ2v) is 18.1. The number of carbonyl (C=O) groups is 3. The van der Waals surface area contributed by atoms with Gasteiger partial charge in [0.05, 0.1) is 29.2 Å². The Kier molecular flexibility index (Phi) is 11.8.